The summed E-state index contributed by atoms with van der Waals surface area (Å²) < 4.78 is 23.7. The molecule has 3 N–H and O–H groups in total. The van der Waals surface area contributed by atoms with E-state index in [1.54, 1.807) is 43.1 Å². The van der Waals surface area contributed by atoms with Crippen LogP contribution >= 0.6 is 0 Å². The van der Waals surface area contributed by atoms with Gasteiger partial charge in [-0.3, -0.25) is 9.36 Å². The molecule has 0 aliphatic heterocycles. The number of hydrogen-bond acceptors (Lipinski definition) is 9. The maximum atomic E-state index is 13.0. The number of ether oxygens (including phenoxy) is 4. The first kappa shape index (κ1) is 32.3. The molecule has 2 heterocycles. The summed E-state index contributed by atoms with van der Waals surface area (Å²) in [6, 6.07) is 7.07. The van der Waals surface area contributed by atoms with Crippen LogP contribution in [0.25, 0.3) is 11.2 Å². The molecule has 230 valence electrons. The van der Waals surface area contributed by atoms with Crippen molar-refractivity contribution >= 4 is 40.6 Å². The van der Waals surface area contributed by atoms with Crippen molar-refractivity contribution in [1.29, 1.82) is 0 Å². The van der Waals surface area contributed by atoms with Gasteiger partial charge in [0.1, 0.15) is 17.9 Å². The van der Waals surface area contributed by atoms with E-state index < -0.39 is 11.6 Å². The number of imidazole rings is 1. The van der Waals surface area contributed by atoms with Gasteiger partial charge in [0, 0.05) is 29.3 Å². The summed E-state index contributed by atoms with van der Waals surface area (Å²) in [6.45, 7) is 10.1. The second-order valence-electron chi connectivity index (χ2n) is 10.9. The Balaban J connectivity index is 1.97. The molecule has 0 spiro atoms. The number of nitrogens with one attached hydrogen (secondary N) is 3. The molecule has 0 aliphatic carbocycles. The van der Waals surface area contributed by atoms with Crippen LogP contribution in [0.3, 0.4) is 0 Å². The van der Waals surface area contributed by atoms with Crippen LogP contribution < -0.4 is 30.2 Å². The third kappa shape index (κ3) is 8.40. The lowest BCUT2D eigenvalue weighted by Crippen LogP contribution is -2.41. The Morgan fingerprint density at radius 1 is 0.952 bits per heavy atom. The Morgan fingerprint density at radius 2 is 1.60 bits per heavy atom. The average molecular weight is 585 g/mol. The summed E-state index contributed by atoms with van der Waals surface area (Å²) in [5, 5.41) is 9.07. The molecule has 2 aromatic heterocycles. The minimum Gasteiger partial charge on any atom is -0.493 e. The number of methoxy groups -OCH3 is 3. The summed E-state index contributed by atoms with van der Waals surface area (Å²) >= 11 is 0. The number of rotatable bonds is 14. The number of pyridine rings is 1. The molecule has 0 fully saturated rings. The molecular formula is C30H44N6O6. The van der Waals surface area contributed by atoms with Crippen molar-refractivity contribution in [2.75, 3.05) is 38.6 Å². The molecule has 3 rings (SSSR count). The molecule has 12 nitrogen and oxygen atoms in total. The van der Waals surface area contributed by atoms with Crippen molar-refractivity contribution in [3.8, 4) is 17.2 Å². The molecule has 0 bridgehead atoms. The van der Waals surface area contributed by atoms with Gasteiger partial charge in [-0.05, 0) is 45.7 Å². The van der Waals surface area contributed by atoms with E-state index in [4.69, 9.17) is 28.9 Å². The highest BCUT2D eigenvalue weighted by Gasteiger charge is 2.21. The fourth-order valence-electron chi connectivity index (χ4n) is 4.56. The number of amides is 2. The van der Waals surface area contributed by atoms with E-state index in [2.05, 4.69) is 29.8 Å². The molecule has 3 aromatic rings. The van der Waals surface area contributed by atoms with Gasteiger partial charge in [-0.25, -0.2) is 14.8 Å². The van der Waals surface area contributed by atoms with Gasteiger partial charge in [0.15, 0.2) is 17.1 Å². The number of carbonyl (C=O) groups is 2. The van der Waals surface area contributed by atoms with Gasteiger partial charge in [0.2, 0.25) is 17.6 Å². The smallest absolute Gasteiger partial charge is 0.407 e. The molecular weight excluding hydrogens is 540 g/mol. The lowest BCUT2D eigenvalue weighted by atomic mass is 9.97. The first-order valence-corrected chi connectivity index (χ1v) is 14.2. The van der Waals surface area contributed by atoms with Crippen LogP contribution in [0, 0.1) is 5.92 Å². The highest BCUT2D eigenvalue weighted by atomic mass is 16.5. The van der Waals surface area contributed by atoms with E-state index in [0.717, 1.165) is 25.7 Å². The van der Waals surface area contributed by atoms with E-state index >= 15 is 0 Å². The van der Waals surface area contributed by atoms with Crippen LogP contribution in [0.5, 0.6) is 17.2 Å². The molecule has 0 atom stereocenters. The molecule has 0 unspecified atom stereocenters. The zero-order valence-corrected chi connectivity index (χ0v) is 25.9. The number of anilines is 3. The monoisotopic (exact) mass is 584 g/mol. The highest BCUT2D eigenvalue weighted by molar-refractivity contribution is 5.92. The number of aromatic nitrogens is 3. The molecule has 42 heavy (non-hydrogen) atoms. The molecule has 12 heteroatoms. The highest BCUT2D eigenvalue weighted by Crippen LogP contribution is 2.40. The summed E-state index contributed by atoms with van der Waals surface area (Å²) in [6.07, 6.45) is 2.96. The van der Waals surface area contributed by atoms with Crippen LogP contribution in [0.2, 0.25) is 0 Å². The summed E-state index contributed by atoms with van der Waals surface area (Å²) in [5.74, 6) is 2.16. The van der Waals surface area contributed by atoms with E-state index in [1.165, 1.54) is 7.11 Å². The van der Waals surface area contributed by atoms with Crippen LogP contribution in [0.4, 0.5) is 22.2 Å². The minimum absolute atomic E-state index is 0.0467. The maximum absolute atomic E-state index is 13.0. The molecule has 1 aromatic carbocycles. The van der Waals surface area contributed by atoms with Crippen LogP contribution in [-0.4, -0.2) is 60.0 Å². The zero-order chi connectivity index (χ0) is 30.9. The Morgan fingerprint density at radius 3 is 2.14 bits per heavy atom. The van der Waals surface area contributed by atoms with Gasteiger partial charge in [-0.1, -0.05) is 26.7 Å². The van der Waals surface area contributed by atoms with Crippen molar-refractivity contribution in [2.45, 2.75) is 72.4 Å². The molecule has 0 aliphatic rings. The number of benzene rings is 1. The lowest BCUT2D eigenvalue weighted by molar-refractivity contribution is -0.120. The van der Waals surface area contributed by atoms with E-state index in [0.29, 0.717) is 45.9 Å². The summed E-state index contributed by atoms with van der Waals surface area (Å²) in [7, 11) is 4.63. The van der Waals surface area contributed by atoms with E-state index in [-0.39, 0.29) is 25.0 Å². The van der Waals surface area contributed by atoms with Crippen LogP contribution in [0.1, 0.15) is 60.3 Å². The predicted octanol–water partition coefficient (Wildman–Crippen LogP) is 5.88. The standard InChI is InChI=1S/C30H44N6O6/c1-9-11-19(12-10-2)27(37)34-24-14-13-21-26(33-24)36(15-16-42-29(38)35-30(3,4)5)28(32-21)31-20-17-22(39-6)25(41-8)23(18-20)40-7/h13-14,17-19H,9-12,15-16H2,1-8H3,(H,31,32)(H,35,38)(H,33,34,37). The fourth-order valence-corrected chi connectivity index (χ4v) is 4.56. The lowest BCUT2D eigenvalue weighted by Gasteiger charge is -2.20. The topological polar surface area (TPSA) is 138 Å². The quantitative estimate of drug-likeness (QED) is 0.212. The second kappa shape index (κ2) is 14.6. The summed E-state index contributed by atoms with van der Waals surface area (Å²) in [4.78, 5) is 34.8. The molecule has 0 saturated carbocycles. The van der Waals surface area contributed by atoms with Crippen LogP contribution in [-0.2, 0) is 16.1 Å². The van der Waals surface area contributed by atoms with Crippen molar-refractivity contribution in [3.05, 3.63) is 24.3 Å². The Labute approximate surface area is 247 Å². The van der Waals surface area contributed by atoms with Crippen LogP contribution in [0.15, 0.2) is 24.3 Å². The third-order valence-corrected chi connectivity index (χ3v) is 6.43. The van der Waals surface area contributed by atoms with Gasteiger partial charge in [0.05, 0.1) is 27.9 Å². The van der Waals surface area contributed by atoms with Crippen molar-refractivity contribution < 1.29 is 28.5 Å². The zero-order valence-electron chi connectivity index (χ0n) is 25.9. The van der Waals surface area contributed by atoms with Crippen molar-refractivity contribution in [2.24, 2.45) is 5.92 Å². The first-order chi connectivity index (χ1) is 20.0. The largest absolute Gasteiger partial charge is 0.493 e. The minimum atomic E-state index is -0.523. The van der Waals surface area contributed by atoms with Gasteiger partial charge in [0.25, 0.3) is 0 Å². The Bertz CT molecular complexity index is 1340. The van der Waals surface area contributed by atoms with Gasteiger partial charge in [-0.15, -0.1) is 0 Å². The number of fused-ring (bicyclic) bond motifs is 1. The second-order valence-corrected chi connectivity index (χ2v) is 10.9. The number of hydrogen-bond donors (Lipinski definition) is 3. The number of nitrogens with zero attached hydrogens (tertiary/aromatic N) is 3. The Kier molecular flexibility index (Phi) is 11.2. The van der Waals surface area contributed by atoms with Gasteiger partial charge < -0.3 is 34.9 Å². The first-order valence-electron chi connectivity index (χ1n) is 14.2. The third-order valence-electron chi connectivity index (χ3n) is 6.43. The maximum Gasteiger partial charge on any atom is 0.407 e. The number of carbonyl (C=O) groups excluding carboxylic acids is 2. The predicted molar refractivity (Wildman–Crippen MR) is 163 cm³/mol. The average Bonchev–Trinajstić information content (AvgIpc) is 3.27. The van der Waals surface area contributed by atoms with E-state index in [9.17, 15) is 9.59 Å². The van der Waals surface area contributed by atoms with Gasteiger partial charge in [-0.2, -0.15) is 0 Å². The Hall–Kier alpha value is -4.22. The van der Waals surface area contributed by atoms with Crippen molar-refractivity contribution in [3.63, 3.8) is 0 Å². The molecule has 0 saturated heterocycles. The fraction of sp³-hybridized carbons (Fsp3) is 0.533. The van der Waals surface area contributed by atoms with Crippen molar-refractivity contribution in [1.82, 2.24) is 19.9 Å². The normalized spacial score (nSPS) is 11.4. The number of alkyl carbamates (subject to hydrolysis) is 1. The molecule has 2 amide bonds. The van der Waals surface area contributed by atoms with Gasteiger partial charge >= 0.3 is 6.09 Å². The summed E-state index contributed by atoms with van der Waals surface area (Å²) in [5.41, 5.74) is 1.31. The SMILES string of the molecule is CCCC(CCC)C(=O)Nc1ccc2nc(Nc3cc(OC)c(OC)c(OC)c3)n(CCOC(=O)NC(C)(C)C)c2n1. The molecule has 0 radical (unpaired) electrons. The van der Waals surface area contributed by atoms with E-state index in [1.807, 2.05) is 20.8 Å².